The number of hydrogen-bond acceptors (Lipinski definition) is 5. The highest BCUT2D eigenvalue weighted by atomic mass is 15.3. The first-order valence-corrected chi connectivity index (χ1v) is 7.87. The van der Waals surface area contributed by atoms with Crippen molar-refractivity contribution in [3.63, 3.8) is 0 Å². The number of rotatable bonds is 4. The summed E-state index contributed by atoms with van der Waals surface area (Å²) in [5.41, 5.74) is 1.02. The molecule has 1 unspecified atom stereocenters. The van der Waals surface area contributed by atoms with E-state index in [0.29, 0.717) is 0 Å². The van der Waals surface area contributed by atoms with Gasteiger partial charge in [-0.25, -0.2) is 4.98 Å². The molecule has 2 fully saturated rings. The molecule has 0 saturated carbocycles. The number of nitrogens with one attached hydrogen (secondary N) is 1. The third-order valence-electron chi connectivity index (χ3n) is 4.38. The van der Waals surface area contributed by atoms with Crippen molar-refractivity contribution >= 4 is 5.82 Å². The lowest BCUT2D eigenvalue weighted by Gasteiger charge is -2.26. The zero-order chi connectivity index (χ0) is 13.8. The average Bonchev–Trinajstić information content (AvgIpc) is 2.83. The van der Waals surface area contributed by atoms with Crippen LogP contribution < -0.4 is 10.2 Å². The van der Waals surface area contributed by atoms with Crippen molar-refractivity contribution in [1.29, 1.82) is 0 Å². The van der Waals surface area contributed by atoms with Gasteiger partial charge < -0.3 is 10.2 Å². The minimum absolute atomic E-state index is 0.723. The molecule has 1 aromatic heterocycles. The second-order valence-corrected chi connectivity index (χ2v) is 5.78. The molecule has 0 amide bonds. The van der Waals surface area contributed by atoms with Crippen molar-refractivity contribution < 1.29 is 0 Å². The third kappa shape index (κ3) is 3.10. The van der Waals surface area contributed by atoms with Gasteiger partial charge in [-0.15, -0.1) is 0 Å². The van der Waals surface area contributed by atoms with E-state index >= 15 is 0 Å². The summed E-state index contributed by atoms with van der Waals surface area (Å²) < 4.78 is 0. The van der Waals surface area contributed by atoms with Gasteiger partial charge in [-0.3, -0.25) is 9.88 Å². The van der Waals surface area contributed by atoms with E-state index < -0.39 is 0 Å². The van der Waals surface area contributed by atoms with E-state index in [9.17, 15) is 0 Å². The van der Waals surface area contributed by atoms with Crippen LogP contribution in [0, 0.1) is 0 Å². The van der Waals surface area contributed by atoms with Gasteiger partial charge in [0.15, 0.2) is 0 Å². The van der Waals surface area contributed by atoms with E-state index in [1.165, 1.54) is 32.4 Å². The molecular formula is C15H25N5. The van der Waals surface area contributed by atoms with Gasteiger partial charge in [0.25, 0.3) is 0 Å². The fourth-order valence-electron chi connectivity index (χ4n) is 3.27. The normalized spacial score (nSPS) is 23.6. The highest BCUT2D eigenvalue weighted by Gasteiger charge is 2.29. The summed E-state index contributed by atoms with van der Waals surface area (Å²) in [6, 6.07) is 0.723. The van der Waals surface area contributed by atoms with E-state index in [1.54, 1.807) is 0 Å². The Labute approximate surface area is 121 Å². The average molecular weight is 275 g/mol. The Kier molecular flexibility index (Phi) is 4.47. The van der Waals surface area contributed by atoms with Gasteiger partial charge in [-0.1, -0.05) is 6.92 Å². The van der Waals surface area contributed by atoms with Crippen LogP contribution >= 0.6 is 0 Å². The van der Waals surface area contributed by atoms with Gasteiger partial charge in [0.05, 0.1) is 18.1 Å². The molecule has 1 atom stereocenters. The Morgan fingerprint density at radius 1 is 1.20 bits per heavy atom. The Hall–Kier alpha value is -1.20. The number of hydrogen-bond donors (Lipinski definition) is 1. The summed E-state index contributed by atoms with van der Waals surface area (Å²) in [6.45, 7) is 8.62. The molecule has 0 radical (unpaired) electrons. The largest absolute Gasteiger partial charge is 0.354 e. The molecule has 3 rings (SSSR count). The van der Waals surface area contributed by atoms with Crippen LogP contribution in [0.25, 0.3) is 0 Å². The second-order valence-electron chi connectivity index (χ2n) is 5.78. The third-order valence-corrected chi connectivity index (χ3v) is 4.38. The molecule has 0 bridgehead atoms. The summed E-state index contributed by atoms with van der Waals surface area (Å²) >= 11 is 0. The van der Waals surface area contributed by atoms with E-state index in [0.717, 1.165) is 43.7 Å². The van der Waals surface area contributed by atoms with E-state index in [-0.39, 0.29) is 0 Å². The van der Waals surface area contributed by atoms with Crippen LogP contribution in [0.1, 0.15) is 31.9 Å². The maximum absolute atomic E-state index is 4.62. The fraction of sp³-hybridized carbons (Fsp3) is 0.733. The van der Waals surface area contributed by atoms with Crippen LogP contribution in [0.3, 0.4) is 0 Å². The molecule has 110 valence electrons. The summed E-state index contributed by atoms with van der Waals surface area (Å²) in [5, 5.41) is 3.28. The zero-order valence-corrected chi connectivity index (χ0v) is 12.4. The molecule has 20 heavy (non-hydrogen) atoms. The van der Waals surface area contributed by atoms with Gasteiger partial charge in [-0.2, -0.15) is 0 Å². The van der Waals surface area contributed by atoms with E-state index in [2.05, 4.69) is 32.0 Å². The smallest absolute Gasteiger partial charge is 0.147 e. The topological polar surface area (TPSA) is 44.3 Å². The van der Waals surface area contributed by atoms with Gasteiger partial charge >= 0.3 is 0 Å². The quantitative estimate of drug-likeness (QED) is 0.896. The number of aromatic nitrogens is 2. The van der Waals surface area contributed by atoms with Crippen LogP contribution in [-0.4, -0.2) is 53.6 Å². The molecule has 2 saturated heterocycles. The van der Waals surface area contributed by atoms with Crippen molar-refractivity contribution in [2.24, 2.45) is 0 Å². The van der Waals surface area contributed by atoms with E-state index in [1.807, 2.05) is 12.4 Å². The zero-order valence-electron chi connectivity index (χ0n) is 12.4. The number of nitrogens with zero attached hydrogens (tertiary/aromatic N) is 4. The molecule has 1 aromatic rings. The molecule has 2 aliphatic heterocycles. The predicted molar refractivity (Wildman–Crippen MR) is 80.8 cm³/mol. The van der Waals surface area contributed by atoms with E-state index in [4.69, 9.17) is 0 Å². The maximum Gasteiger partial charge on any atom is 0.147 e. The molecule has 5 heteroatoms. The van der Waals surface area contributed by atoms with Crippen molar-refractivity contribution in [3.05, 3.63) is 18.1 Å². The monoisotopic (exact) mass is 275 g/mol. The Balaban J connectivity index is 1.65. The van der Waals surface area contributed by atoms with Gasteiger partial charge in [0.2, 0.25) is 0 Å². The van der Waals surface area contributed by atoms with Gasteiger partial charge in [0, 0.05) is 32.2 Å². The first-order valence-electron chi connectivity index (χ1n) is 7.87. The minimum atomic E-state index is 0.723. The molecule has 0 spiro atoms. The molecule has 0 aromatic carbocycles. The van der Waals surface area contributed by atoms with Crippen LogP contribution in [0.5, 0.6) is 0 Å². The molecular weight excluding hydrogens is 250 g/mol. The van der Waals surface area contributed by atoms with Gasteiger partial charge in [-0.05, 0) is 32.4 Å². The summed E-state index contributed by atoms with van der Waals surface area (Å²) in [4.78, 5) is 14.2. The molecule has 5 nitrogen and oxygen atoms in total. The van der Waals surface area contributed by atoms with Crippen molar-refractivity contribution in [2.45, 2.75) is 38.8 Å². The molecule has 2 aliphatic rings. The summed E-state index contributed by atoms with van der Waals surface area (Å²) in [6.07, 6.45) is 7.78. The lowest BCUT2D eigenvalue weighted by molar-refractivity contribution is 0.273. The fourth-order valence-corrected chi connectivity index (χ4v) is 3.27. The highest BCUT2D eigenvalue weighted by Crippen LogP contribution is 2.23. The summed E-state index contributed by atoms with van der Waals surface area (Å²) in [5.74, 6) is 1.04. The highest BCUT2D eigenvalue weighted by molar-refractivity contribution is 5.36. The van der Waals surface area contributed by atoms with Crippen LogP contribution in [0.2, 0.25) is 0 Å². The van der Waals surface area contributed by atoms with Gasteiger partial charge in [0.1, 0.15) is 5.82 Å². The molecule has 1 N–H and O–H groups in total. The minimum Gasteiger partial charge on any atom is -0.354 e. The first-order chi connectivity index (χ1) is 9.86. The Morgan fingerprint density at radius 3 is 2.90 bits per heavy atom. The lowest BCUT2D eigenvalue weighted by atomic mass is 10.2. The lowest BCUT2D eigenvalue weighted by Crippen LogP contribution is -2.37. The van der Waals surface area contributed by atoms with Crippen LogP contribution in [0.4, 0.5) is 5.82 Å². The standard InChI is InChI=1S/C15H25N5/c1-2-16-9-13-10-18-15(11-17-13)20-8-4-7-19-6-3-5-14(19)12-20/h10-11,14,16H,2-9,12H2,1H3. The van der Waals surface area contributed by atoms with Crippen LogP contribution in [-0.2, 0) is 6.54 Å². The first kappa shape index (κ1) is 13.8. The second kappa shape index (κ2) is 6.50. The molecule has 3 heterocycles. The SMILES string of the molecule is CCNCc1cnc(N2CCCN3CCCC3C2)cn1. The van der Waals surface area contributed by atoms with Crippen molar-refractivity contribution in [1.82, 2.24) is 20.2 Å². The Bertz CT molecular complexity index is 419. The Morgan fingerprint density at radius 2 is 2.10 bits per heavy atom. The molecule has 0 aliphatic carbocycles. The summed E-state index contributed by atoms with van der Waals surface area (Å²) in [7, 11) is 0. The number of anilines is 1. The number of fused-ring (bicyclic) bond motifs is 1. The van der Waals surface area contributed by atoms with Crippen LogP contribution in [0.15, 0.2) is 12.4 Å². The van der Waals surface area contributed by atoms with Crippen molar-refractivity contribution in [3.8, 4) is 0 Å². The maximum atomic E-state index is 4.62. The van der Waals surface area contributed by atoms with Crippen molar-refractivity contribution in [2.75, 3.05) is 37.6 Å². The predicted octanol–water partition coefficient (Wildman–Crippen LogP) is 1.26.